The van der Waals surface area contributed by atoms with Gasteiger partial charge in [0.25, 0.3) is 0 Å². The maximum absolute atomic E-state index is 13.0. The Balaban J connectivity index is 1.47. The Labute approximate surface area is 133 Å². The summed E-state index contributed by atoms with van der Waals surface area (Å²) < 4.78 is 24.8. The third-order valence-electron chi connectivity index (χ3n) is 5.32. The quantitative estimate of drug-likeness (QED) is 0.771. The van der Waals surface area contributed by atoms with Crippen LogP contribution in [-0.2, 0) is 9.47 Å². The molecular weight excluding hydrogens is 279 g/mol. The topological polar surface area (TPSA) is 18.5 Å². The fraction of sp³-hybridized carbons (Fsp3) is 0.684. The van der Waals surface area contributed by atoms with Gasteiger partial charge in [0, 0.05) is 11.5 Å². The van der Waals surface area contributed by atoms with E-state index in [1.54, 1.807) is 12.1 Å². The molecule has 0 bridgehead atoms. The lowest BCUT2D eigenvalue weighted by molar-refractivity contribution is -0.214. The lowest BCUT2D eigenvalue weighted by atomic mass is 9.75. The third kappa shape index (κ3) is 3.88. The second-order valence-corrected chi connectivity index (χ2v) is 6.88. The summed E-state index contributed by atoms with van der Waals surface area (Å²) in [5, 5.41) is 0. The van der Waals surface area contributed by atoms with E-state index in [-0.39, 0.29) is 12.1 Å². The van der Waals surface area contributed by atoms with E-state index in [1.165, 1.54) is 50.7 Å². The number of benzene rings is 1. The molecule has 22 heavy (non-hydrogen) atoms. The Bertz CT molecular complexity index is 443. The second kappa shape index (κ2) is 7.56. The molecule has 0 aromatic heterocycles. The highest BCUT2D eigenvalue weighted by molar-refractivity contribution is 5.17. The standard InChI is InChI=1S/C19H27FO2/c1-2-3-14-4-6-15(7-5-14)17-12-21-19(22-13-17)16-8-10-18(20)11-9-16/h8-11,14-15,17,19H,2-7,12-13H2,1H3/t14-,15-,17-,19-. The van der Waals surface area contributed by atoms with Crippen molar-refractivity contribution in [3.05, 3.63) is 35.6 Å². The first-order chi connectivity index (χ1) is 10.8. The van der Waals surface area contributed by atoms with Gasteiger partial charge in [0.15, 0.2) is 6.29 Å². The molecule has 0 radical (unpaired) electrons. The Hall–Kier alpha value is -0.930. The summed E-state index contributed by atoms with van der Waals surface area (Å²) in [4.78, 5) is 0. The Kier molecular flexibility index (Phi) is 5.48. The van der Waals surface area contributed by atoms with E-state index >= 15 is 0 Å². The molecule has 1 aromatic rings. The Morgan fingerprint density at radius 1 is 0.955 bits per heavy atom. The summed E-state index contributed by atoms with van der Waals surface area (Å²) in [6.07, 6.45) is 7.76. The van der Waals surface area contributed by atoms with E-state index in [0.29, 0.717) is 5.92 Å². The van der Waals surface area contributed by atoms with Gasteiger partial charge in [-0.3, -0.25) is 0 Å². The predicted octanol–water partition coefficient (Wildman–Crippen LogP) is 5.09. The average molecular weight is 306 g/mol. The van der Waals surface area contributed by atoms with E-state index in [4.69, 9.17) is 9.47 Å². The Morgan fingerprint density at radius 2 is 1.59 bits per heavy atom. The SMILES string of the molecule is CCC[C@H]1CC[C@H]([C@H]2CO[C@H](c3ccc(F)cc3)OC2)CC1. The van der Waals surface area contributed by atoms with Crippen molar-refractivity contribution in [2.45, 2.75) is 51.7 Å². The monoisotopic (exact) mass is 306 g/mol. The minimum atomic E-state index is -0.326. The number of hydrogen-bond donors (Lipinski definition) is 0. The molecule has 1 aromatic carbocycles. The van der Waals surface area contributed by atoms with Gasteiger partial charge in [0.2, 0.25) is 0 Å². The predicted molar refractivity (Wildman–Crippen MR) is 84.9 cm³/mol. The fourth-order valence-corrected chi connectivity index (χ4v) is 3.96. The minimum Gasteiger partial charge on any atom is -0.348 e. The Morgan fingerprint density at radius 3 is 2.18 bits per heavy atom. The molecule has 3 rings (SSSR count). The largest absolute Gasteiger partial charge is 0.348 e. The normalized spacial score (nSPS) is 32.8. The number of halogens is 1. The van der Waals surface area contributed by atoms with Gasteiger partial charge in [-0.15, -0.1) is 0 Å². The molecule has 0 N–H and O–H groups in total. The highest BCUT2D eigenvalue weighted by Gasteiger charge is 2.32. The molecule has 1 aliphatic carbocycles. The first-order valence-corrected chi connectivity index (χ1v) is 8.75. The van der Waals surface area contributed by atoms with Gasteiger partial charge in [-0.05, 0) is 36.8 Å². The van der Waals surface area contributed by atoms with Crippen molar-refractivity contribution in [2.75, 3.05) is 13.2 Å². The van der Waals surface area contributed by atoms with Gasteiger partial charge in [0.1, 0.15) is 5.82 Å². The van der Waals surface area contributed by atoms with Crippen molar-refractivity contribution in [1.29, 1.82) is 0 Å². The molecule has 0 amide bonds. The second-order valence-electron chi connectivity index (χ2n) is 6.88. The van der Waals surface area contributed by atoms with Gasteiger partial charge in [-0.25, -0.2) is 4.39 Å². The van der Waals surface area contributed by atoms with Crippen LogP contribution in [0, 0.1) is 23.6 Å². The molecule has 2 aliphatic rings. The first kappa shape index (κ1) is 15.9. The summed E-state index contributed by atoms with van der Waals surface area (Å²) in [7, 11) is 0. The highest BCUT2D eigenvalue weighted by atomic mass is 19.1. The molecule has 0 atom stereocenters. The fourth-order valence-electron chi connectivity index (χ4n) is 3.96. The van der Waals surface area contributed by atoms with E-state index in [1.807, 2.05) is 0 Å². The summed E-state index contributed by atoms with van der Waals surface area (Å²) in [5.74, 6) is 2.00. The van der Waals surface area contributed by atoms with Crippen LogP contribution in [0.5, 0.6) is 0 Å². The van der Waals surface area contributed by atoms with Crippen LogP contribution < -0.4 is 0 Å². The van der Waals surface area contributed by atoms with E-state index in [2.05, 4.69) is 6.92 Å². The molecule has 2 fully saturated rings. The van der Waals surface area contributed by atoms with Crippen molar-refractivity contribution in [1.82, 2.24) is 0 Å². The third-order valence-corrected chi connectivity index (χ3v) is 5.32. The smallest absolute Gasteiger partial charge is 0.183 e. The van der Waals surface area contributed by atoms with E-state index < -0.39 is 0 Å². The zero-order chi connectivity index (χ0) is 15.4. The molecular formula is C19H27FO2. The number of ether oxygens (including phenoxy) is 2. The zero-order valence-electron chi connectivity index (χ0n) is 13.5. The zero-order valence-corrected chi connectivity index (χ0v) is 13.5. The van der Waals surface area contributed by atoms with E-state index in [9.17, 15) is 4.39 Å². The highest BCUT2D eigenvalue weighted by Crippen LogP contribution is 2.38. The van der Waals surface area contributed by atoms with Crippen LogP contribution in [0.3, 0.4) is 0 Å². The lowest BCUT2D eigenvalue weighted by Crippen LogP contribution is -2.34. The molecule has 1 aliphatic heterocycles. The average Bonchev–Trinajstić information content (AvgIpc) is 2.57. The molecule has 0 spiro atoms. The maximum Gasteiger partial charge on any atom is 0.183 e. The molecule has 1 saturated carbocycles. The number of hydrogen-bond acceptors (Lipinski definition) is 2. The molecule has 2 nitrogen and oxygen atoms in total. The summed E-state index contributed by atoms with van der Waals surface area (Å²) in [6.45, 7) is 3.82. The van der Waals surface area contributed by atoms with E-state index in [0.717, 1.165) is 30.6 Å². The lowest BCUT2D eigenvalue weighted by Gasteiger charge is -2.37. The van der Waals surface area contributed by atoms with Crippen LogP contribution >= 0.6 is 0 Å². The van der Waals surface area contributed by atoms with Crippen molar-refractivity contribution in [3.63, 3.8) is 0 Å². The summed E-state index contributed by atoms with van der Waals surface area (Å²) in [6, 6.07) is 6.42. The van der Waals surface area contributed by atoms with Crippen LogP contribution in [0.25, 0.3) is 0 Å². The van der Waals surface area contributed by atoms with Crippen LogP contribution in [0.4, 0.5) is 4.39 Å². The minimum absolute atomic E-state index is 0.221. The van der Waals surface area contributed by atoms with Gasteiger partial charge in [0.05, 0.1) is 13.2 Å². The van der Waals surface area contributed by atoms with Crippen molar-refractivity contribution >= 4 is 0 Å². The molecule has 3 heteroatoms. The van der Waals surface area contributed by atoms with Crippen LogP contribution in [-0.4, -0.2) is 13.2 Å². The van der Waals surface area contributed by atoms with Crippen LogP contribution in [0.2, 0.25) is 0 Å². The van der Waals surface area contributed by atoms with Gasteiger partial charge in [-0.2, -0.15) is 0 Å². The van der Waals surface area contributed by atoms with Gasteiger partial charge in [-0.1, -0.05) is 44.7 Å². The first-order valence-electron chi connectivity index (χ1n) is 8.75. The van der Waals surface area contributed by atoms with Crippen LogP contribution in [0.15, 0.2) is 24.3 Å². The molecule has 122 valence electrons. The van der Waals surface area contributed by atoms with Crippen molar-refractivity contribution < 1.29 is 13.9 Å². The van der Waals surface area contributed by atoms with Crippen LogP contribution in [0.1, 0.15) is 57.3 Å². The molecule has 1 saturated heterocycles. The van der Waals surface area contributed by atoms with Gasteiger partial charge < -0.3 is 9.47 Å². The van der Waals surface area contributed by atoms with Crippen molar-refractivity contribution in [2.24, 2.45) is 17.8 Å². The van der Waals surface area contributed by atoms with Gasteiger partial charge >= 0.3 is 0 Å². The number of rotatable bonds is 4. The summed E-state index contributed by atoms with van der Waals surface area (Å²) in [5.41, 5.74) is 0.909. The molecule has 1 heterocycles. The maximum atomic E-state index is 13.0. The summed E-state index contributed by atoms with van der Waals surface area (Å²) >= 11 is 0. The van der Waals surface area contributed by atoms with Crippen molar-refractivity contribution in [3.8, 4) is 0 Å². The molecule has 0 unspecified atom stereocenters.